The van der Waals surface area contributed by atoms with Gasteiger partial charge in [-0.3, -0.25) is 9.59 Å². The van der Waals surface area contributed by atoms with E-state index in [4.69, 9.17) is 5.73 Å². The van der Waals surface area contributed by atoms with Gasteiger partial charge in [0.2, 0.25) is 11.6 Å². The van der Waals surface area contributed by atoms with Crippen LogP contribution in [0.1, 0.15) is 37.9 Å². The lowest BCUT2D eigenvalue weighted by molar-refractivity contribution is -0.162. The predicted octanol–water partition coefficient (Wildman–Crippen LogP) is 2.21. The van der Waals surface area contributed by atoms with Gasteiger partial charge >= 0.3 is 0 Å². The van der Waals surface area contributed by atoms with Crippen molar-refractivity contribution in [1.82, 2.24) is 34.4 Å². The number of hydrogen-bond donors (Lipinski definition) is 2. The summed E-state index contributed by atoms with van der Waals surface area (Å²) in [7, 11) is 0. The Labute approximate surface area is 214 Å². The van der Waals surface area contributed by atoms with Crippen LogP contribution < -0.4 is 11.1 Å². The van der Waals surface area contributed by atoms with Gasteiger partial charge in [0, 0.05) is 31.4 Å². The van der Waals surface area contributed by atoms with E-state index < -0.39 is 11.6 Å². The van der Waals surface area contributed by atoms with E-state index in [1.165, 1.54) is 4.90 Å². The minimum absolute atomic E-state index is 0.0443. The fourth-order valence-corrected chi connectivity index (χ4v) is 5.20. The number of nitrogens with two attached hydrogens (primary N) is 1. The average molecular weight is 510 g/mol. The van der Waals surface area contributed by atoms with Gasteiger partial charge in [-0.05, 0) is 38.3 Å². The summed E-state index contributed by atoms with van der Waals surface area (Å²) in [5.74, 6) is -0.908. The van der Waals surface area contributed by atoms with Crippen LogP contribution in [0, 0.1) is 6.92 Å². The number of likely N-dealkylation sites (tertiary alicyclic amines) is 2. The number of nitrogens with zero attached hydrogens (tertiary/aromatic N) is 7. The van der Waals surface area contributed by atoms with Crippen LogP contribution in [0.2, 0.25) is 0 Å². The molecule has 0 unspecified atom stereocenters. The summed E-state index contributed by atoms with van der Waals surface area (Å²) in [5, 5.41) is 16.7. The summed E-state index contributed by atoms with van der Waals surface area (Å²) in [4.78, 5) is 27.3. The number of halogens is 1. The summed E-state index contributed by atoms with van der Waals surface area (Å²) in [6, 6.07) is 2.06. The highest BCUT2D eigenvalue weighted by Crippen LogP contribution is 2.34. The van der Waals surface area contributed by atoms with Gasteiger partial charge in [-0.15, -0.1) is 5.10 Å². The molecule has 2 amide bonds. The summed E-state index contributed by atoms with van der Waals surface area (Å²) in [5.41, 5.74) is 8.97. The van der Waals surface area contributed by atoms with E-state index in [9.17, 15) is 9.59 Å². The Morgan fingerprint density at radius 3 is 2.70 bits per heavy atom. The van der Waals surface area contributed by atoms with Crippen molar-refractivity contribution >= 4 is 28.7 Å². The first kappa shape index (κ1) is 24.7. The first-order valence-corrected chi connectivity index (χ1v) is 12.6. The molecule has 0 atom stereocenters. The number of fused-ring (bicyclic) bond motifs is 1. The van der Waals surface area contributed by atoms with Crippen molar-refractivity contribution < 1.29 is 14.0 Å². The molecule has 2 aliphatic heterocycles. The molecule has 3 aromatic heterocycles. The van der Waals surface area contributed by atoms with Crippen LogP contribution in [-0.4, -0.2) is 84.6 Å². The third-order valence-corrected chi connectivity index (χ3v) is 7.26. The molecule has 2 aliphatic rings. The van der Waals surface area contributed by atoms with Crippen molar-refractivity contribution in [3.05, 3.63) is 36.8 Å². The van der Waals surface area contributed by atoms with Crippen LogP contribution in [0.15, 0.2) is 31.1 Å². The molecule has 5 heterocycles. The van der Waals surface area contributed by atoms with E-state index in [1.54, 1.807) is 15.6 Å². The zero-order chi connectivity index (χ0) is 26.3. The molecular weight excluding hydrogens is 477 g/mol. The second-order valence-electron chi connectivity index (χ2n) is 9.82. The predicted molar refractivity (Wildman–Crippen MR) is 138 cm³/mol. The number of nitrogens with one attached hydrogen (secondary N) is 1. The van der Waals surface area contributed by atoms with Crippen molar-refractivity contribution in [1.29, 1.82) is 0 Å². The van der Waals surface area contributed by atoms with Crippen LogP contribution in [0.3, 0.4) is 0 Å². The first-order valence-electron chi connectivity index (χ1n) is 12.6. The number of alkyl halides is 1. The molecule has 2 saturated heterocycles. The minimum Gasteiger partial charge on any atom is -0.396 e. The second-order valence-corrected chi connectivity index (χ2v) is 9.82. The van der Waals surface area contributed by atoms with Crippen molar-refractivity contribution in [2.24, 2.45) is 0 Å². The third kappa shape index (κ3) is 4.30. The van der Waals surface area contributed by atoms with Crippen LogP contribution in [-0.2, 0) is 9.59 Å². The number of aromatic nitrogens is 5. The average Bonchev–Trinajstić information content (AvgIpc) is 3.46. The van der Waals surface area contributed by atoms with Gasteiger partial charge in [0.1, 0.15) is 11.2 Å². The molecule has 196 valence electrons. The maximum atomic E-state index is 15.1. The number of pyridine rings is 1. The fourth-order valence-electron chi connectivity index (χ4n) is 5.20. The van der Waals surface area contributed by atoms with Gasteiger partial charge in [0.15, 0.2) is 0 Å². The Hall–Kier alpha value is -3.96. The minimum atomic E-state index is -2.01. The van der Waals surface area contributed by atoms with Crippen molar-refractivity contribution in [2.45, 2.75) is 44.8 Å². The Morgan fingerprint density at radius 2 is 2.03 bits per heavy atom. The highest BCUT2D eigenvalue weighted by Gasteiger charge is 2.53. The Balaban J connectivity index is 1.29. The third-order valence-electron chi connectivity index (χ3n) is 7.26. The second kappa shape index (κ2) is 9.49. The Morgan fingerprint density at radius 1 is 1.30 bits per heavy atom. The number of nitrogen functional groups attached to an aromatic ring is 1. The lowest BCUT2D eigenvalue weighted by Crippen LogP contribution is -2.68. The van der Waals surface area contributed by atoms with Crippen molar-refractivity contribution in [3.8, 4) is 11.3 Å². The number of rotatable bonds is 7. The largest absolute Gasteiger partial charge is 0.396 e. The molecule has 0 spiro atoms. The van der Waals surface area contributed by atoms with Gasteiger partial charge < -0.3 is 20.9 Å². The summed E-state index contributed by atoms with van der Waals surface area (Å²) >= 11 is 0. The quantitative estimate of drug-likeness (QED) is 0.468. The molecule has 3 N–H and O–H groups in total. The number of hydrogen-bond acceptors (Lipinski definition) is 7. The number of carbonyl (C=O) groups excluding carboxylic acids is 2. The standard InChI is InChI=1S/C25H32FN9O2/c1-4-8-28-20-11-17(13-34-23(20)19(27)12-29-34)22-16(3)35(31-30-22)18-6-9-32(10-7-18)24(37)25(26)14-33(15-25)21(36)5-2/h5,11-13,18,28H,2,4,6-10,14-15,27H2,1,3H3. The molecule has 5 rings (SSSR count). The van der Waals surface area contributed by atoms with Crippen LogP contribution in [0.5, 0.6) is 0 Å². The van der Waals surface area contributed by atoms with E-state index in [0.29, 0.717) is 31.6 Å². The molecule has 37 heavy (non-hydrogen) atoms. The molecular formula is C25H32FN9O2. The summed E-state index contributed by atoms with van der Waals surface area (Å²) < 4.78 is 18.7. The highest BCUT2D eigenvalue weighted by atomic mass is 19.1. The SMILES string of the molecule is C=CC(=O)N1CC(F)(C(=O)N2CCC(n3nnc(-c4cc(NCCC)c5c(N)cnn5c4)c3C)CC2)C1. The number of amides is 2. The van der Waals surface area contributed by atoms with Gasteiger partial charge in [0.05, 0.1) is 42.4 Å². The maximum Gasteiger partial charge on any atom is 0.264 e. The molecule has 0 saturated carbocycles. The lowest BCUT2D eigenvalue weighted by Gasteiger charge is -2.45. The van der Waals surface area contributed by atoms with E-state index in [2.05, 4.69) is 34.2 Å². The van der Waals surface area contributed by atoms with Crippen LogP contribution in [0.25, 0.3) is 16.8 Å². The zero-order valence-corrected chi connectivity index (χ0v) is 21.2. The molecule has 3 aromatic rings. The monoisotopic (exact) mass is 509 g/mol. The molecule has 0 aliphatic carbocycles. The Kier molecular flexibility index (Phi) is 6.34. The summed E-state index contributed by atoms with van der Waals surface area (Å²) in [6.45, 7) is 8.68. The zero-order valence-electron chi connectivity index (χ0n) is 21.2. The van der Waals surface area contributed by atoms with Crippen LogP contribution in [0.4, 0.5) is 15.8 Å². The number of piperidine rings is 1. The normalized spacial score (nSPS) is 17.6. The highest BCUT2D eigenvalue weighted by molar-refractivity contribution is 5.93. The molecule has 0 aromatic carbocycles. The van der Waals surface area contributed by atoms with E-state index in [1.807, 2.05) is 23.9 Å². The number of anilines is 2. The van der Waals surface area contributed by atoms with Crippen molar-refractivity contribution in [2.75, 3.05) is 43.8 Å². The van der Waals surface area contributed by atoms with E-state index in [-0.39, 0.29) is 25.0 Å². The Bertz CT molecular complexity index is 1350. The van der Waals surface area contributed by atoms with Gasteiger partial charge in [0.25, 0.3) is 5.91 Å². The van der Waals surface area contributed by atoms with Crippen LogP contribution >= 0.6 is 0 Å². The van der Waals surface area contributed by atoms with Gasteiger partial charge in [-0.1, -0.05) is 18.7 Å². The van der Waals surface area contributed by atoms with Gasteiger partial charge in [-0.2, -0.15) is 5.10 Å². The molecule has 0 radical (unpaired) electrons. The molecule has 12 heteroatoms. The number of carbonyl (C=O) groups is 2. The van der Waals surface area contributed by atoms with Gasteiger partial charge in [-0.25, -0.2) is 13.6 Å². The molecule has 0 bridgehead atoms. The maximum absolute atomic E-state index is 15.1. The molecule has 2 fully saturated rings. The van der Waals surface area contributed by atoms with E-state index >= 15 is 4.39 Å². The molecule has 11 nitrogen and oxygen atoms in total. The van der Waals surface area contributed by atoms with Crippen molar-refractivity contribution in [3.63, 3.8) is 0 Å². The first-order chi connectivity index (χ1) is 17.8. The fraction of sp³-hybridized carbons (Fsp3) is 0.480. The topological polar surface area (TPSA) is 127 Å². The lowest BCUT2D eigenvalue weighted by atomic mass is 9.92. The smallest absolute Gasteiger partial charge is 0.264 e. The van der Waals surface area contributed by atoms with E-state index in [0.717, 1.165) is 47.2 Å². The summed E-state index contributed by atoms with van der Waals surface area (Å²) in [6.07, 6.45) is 6.91.